The smallest absolute Gasteiger partial charge is 0.254 e. The number of amides is 1. The fraction of sp³-hybridized carbons (Fsp3) is 0.667. The van der Waals surface area contributed by atoms with Crippen molar-refractivity contribution in [2.45, 2.75) is 44.4 Å². The first kappa shape index (κ1) is 18.7. The Labute approximate surface area is 160 Å². The molecule has 0 radical (unpaired) electrons. The van der Waals surface area contributed by atoms with Crippen LogP contribution in [0.2, 0.25) is 0 Å². The van der Waals surface area contributed by atoms with Gasteiger partial charge >= 0.3 is 0 Å². The van der Waals surface area contributed by atoms with Crippen LogP contribution in [0.25, 0.3) is 0 Å². The number of fused-ring (bicyclic) bond motifs is 3. The highest BCUT2D eigenvalue weighted by atomic mass is 16.5. The number of benzene rings is 1. The van der Waals surface area contributed by atoms with Gasteiger partial charge in [-0.15, -0.1) is 0 Å². The number of hydrogen-bond acceptors (Lipinski definition) is 5. The van der Waals surface area contributed by atoms with Crippen LogP contribution < -0.4 is 4.74 Å². The van der Waals surface area contributed by atoms with Crippen LogP contribution in [-0.2, 0) is 9.47 Å². The Bertz CT molecular complexity index is 676. The number of hydrogen-bond donors (Lipinski definition) is 1. The van der Waals surface area contributed by atoms with Gasteiger partial charge in [0.1, 0.15) is 5.75 Å². The summed E-state index contributed by atoms with van der Waals surface area (Å²) in [6.45, 7) is 6.68. The van der Waals surface area contributed by atoms with E-state index in [1.165, 1.54) is 0 Å². The van der Waals surface area contributed by atoms with E-state index in [9.17, 15) is 9.90 Å². The molecule has 1 aromatic carbocycles. The van der Waals surface area contributed by atoms with Crippen molar-refractivity contribution in [3.8, 4) is 5.75 Å². The lowest BCUT2D eigenvalue weighted by atomic mass is 9.66. The molecule has 148 valence electrons. The summed E-state index contributed by atoms with van der Waals surface area (Å²) in [7, 11) is 0. The van der Waals surface area contributed by atoms with Crippen LogP contribution in [0.3, 0.4) is 0 Å². The van der Waals surface area contributed by atoms with E-state index in [-0.39, 0.29) is 29.9 Å². The lowest BCUT2D eigenvalue weighted by molar-refractivity contribution is -0.212. The molecule has 6 heteroatoms. The van der Waals surface area contributed by atoms with Gasteiger partial charge in [-0.1, -0.05) is 0 Å². The molecule has 1 aromatic rings. The topological polar surface area (TPSA) is 68.2 Å². The zero-order chi connectivity index (χ0) is 19.0. The van der Waals surface area contributed by atoms with Gasteiger partial charge in [-0.3, -0.25) is 4.79 Å². The second-order valence-corrected chi connectivity index (χ2v) is 8.20. The molecule has 27 heavy (non-hydrogen) atoms. The molecule has 0 aliphatic carbocycles. The summed E-state index contributed by atoms with van der Waals surface area (Å²) in [6.07, 6.45) is 1.48. The Morgan fingerprint density at radius 2 is 1.96 bits per heavy atom. The summed E-state index contributed by atoms with van der Waals surface area (Å²) in [6, 6.07) is 7.36. The van der Waals surface area contributed by atoms with Crippen LogP contribution in [0.15, 0.2) is 24.3 Å². The molecule has 3 aliphatic rings. The summed E-state index contributed by atoms with van der Waals surface area (Å²) in [5.41, 5.74) is -0.145. The molecule has 3 saturated heterocycles. The van der Waals surface area contributed by atoms with Crippen molar-refractivity contribution in [1.29, 1.82) is 0 Å². The van der Waals surface area contributed by atoms with Gasteiger partial charge in [0.25, 0.3) is 5.91 Å². The lowest BCUT2D eigenvalue weighted by Gasteiger charge is -2.57. The molecule has 6 nitrogen and oxygen atoms in total. The standard InChI is InChI=1S/C21H29NO5/c1-14(2)27-17-5-3-15(4-6-17)20(23)22-11-16-12-26-10-8-21(16,24)18-13-25-9-7-19(18)22/h3-6,14,16,18-19,24H,7-13H2,1-2H3/t16-,18+,19+,21-/m0/s1. The molecule has 0 spiro atoms. The molecule has 3 aliphatic heterocycles. The van der Waals surface area contributed by atoms with Gasteiger partial charge in [-0.25, -0.2) is 0 Å². The number of carbonyl (C=O) groups excluding carboxylic acids is 1. The fourth-order valence-electron chi connectivity index (χ4n) is 4.81. The lowest BCUT2D eigenvalue weighted by Crippen LogP contribution is -2.68. The zero-order valence-electron chi connectivity index (χ0n) is 16.1. The predicted molar refractivity (Wildman–Crippen MR) is 99.8 cm³/mol. The quantitative estimate of drug-likeness (QED) is 0.876. The summed E-state index contributed by atoms with van der Waals surface area (Å²) >= 11 is 0. The van der Waals surface area contributed by atoms with Crippen molar-refractivity contribution in [3.63, 3.8) is 0 Å². The van der Waals surface area contributed by atoms with E-state index in [1.54, 1.807) is 0 Å². The first-order chi connectivity index (χ1) is 13.0. The van der Waals surface area contributed by atoms with Crippen LogP contribution in [0.1, 0.15) is 37.0 Å². The molecule has 0 aromatic heterocycles. The number of rotatable bonds is 3. The maximum absolute atomic E-state index is 13.3. The fourth-order valence-corrected chi connectivity index (χ4v) is 4.81. The molecule has 0 bridgehead atoms. The summed E-state index contributed by atoms with van der Waals surface area (Å²) in [4.78, 5) is 15.2. The first-order valence-electron chi connectivity index (χ1n) is 9.94. The summed E-state index contributed by atoms with van der Waals surface area (Å²) in [5, 5.41) is 11.4. The van der Waals surface area contributed by atoms with Gasteiger partial charge in [0.05, 0.1) is 24.9 Å². The van der Waals surface area contributed by atoms with E-state index >= 15 is 0 Å². The second-order valence-electron chi connectivity index (χ2n) is 8.20. The Balaban J connectivity index is 1.57. The monoisotopic (exact) mass is 375 g/mol. The van der Waals surface area contributed by atoms with Crippen molar-refractivity contribution in [3.05, 3.63) is 29.8 Å². The minimum absolute atomic E-state index is 0.00983. The molecule has 3 fully saturated rings. The molecule has 0 unspecified atom stereocenters. The van der Waals surface area contributed by atoms with Crippen molar-refractivity contribution < 1.29 is 24.1 Å². The average Bonchev–Trinajstić information content (AvgIpc) is 2.67. The maximum Gasteiger partial charge on any atom is 0.254 e. The van der Waals surface area contributed by atoms with Crippen molar-refractivity contribution in [2.24, 2.45) is 11.8 Å². The maximum atomic E-state index is 13.3. The zero-order valence-corrected chi connectivity index (χ0v) is 16.1. The predicted octanol–water partition coefficient (Wildman–Crippen LogP) is 2.10. The second kappa shape index (κ2) is 7.41. The average molecular weight is 375 g/mol. The van der Waals surface area contributed by atoms with Gasteiger partial charge in [0, 0.05) is 49.6 Å². The van der Waals surface area contributed by atoms with Gasteiger partial charge in [0.2, 0.25) is 0 Å². The van der Waals surface area contributed by atoms with Crippen molar-refractivity contribution >= 4 is 5.91 Å². The number of likely N-dealkylation sites (tertiary alicyclic amines) is 1. The molecular formula is C21H29NO5. The minimum atomic E-state index is -0.797. The van der Waals surface area contributed by atoms with Gasteiger partial charge in [-0.2, -0.15) is 0 Å². The van der Waals surface area contributed by atoms with E-state index in [1.807, 2.05) is 43.0 Å². The number of aliphatic hydroxyl groups is 1. The summed E-state index contributed by atoms with van der Waals surface area (Å²) < 4.78 is 17.0. The largest absolute Gasteiger partial charge is 0.491 e. The molecule has 4 atom stereocenters. The van der Waals surface area contributed by atoms with E-state index in [2.05, 4.69) is 0 Å². The van der Waals surface area contributed by atoms with Crippen molar-refractivity contribution in [1.82, 2.24) is 4.90 Å². The Morgan fingerprint density at radius 1 is 1.22 bits per heavy atom. The van der Waals surface area contributed by atoms with E-state index < -0.39 is 5.60 Å². The third-order valence-corrected chi connectivity index (χ3v) is 6.19. The van der Waals surface area contributed by atoms with Crippen LogP contribution in [0.4, 0.5) is 0 Å². The third kappa shape index (κ3) is 3.46. The van der Waals surface area contributed by atoms with Crippen molar-refractivity contribution in [2.75, 3.05) is 33.0 Å². The Kier molecular flexibility index (Phi) is 5.14. The molecule has 1 amide bonds. The molecular weight excluding hydrogens is 346 g/mol. The Hall–Kier alpha value is -1.63. The van der Waals surface area contributed by atoms with Crippen LogP contribution in [0, 0.1) is 11.8 Å². The number of carbonyl (C=O) groups is 1. The van der Waals surface area contributed by atoms with E-state index in [0.29, 0.717) is 45.0 Å². The molecule has 0 saturated carbocycles. The van der Waals surface area contributed by atoms with Gasteiger partial charge in [-0.05, 0) is 44.5 Å². The molecule has 1 N–H and O–H groups in total. The number of ether oxygens (including phenoxy) is 3. The highest BCUT2D eigenvalue weighted by Crippen LogP contribution is 2.44. The SMILES string of the molecule is CC(C)Oc1ccc(C(=O)N2C[C@H]3COCC[C@@]3(O)[C@@H]3COCC[C@H]32)cc1. The highest BCUT2D eigenvalue weighted by molar-refractivity contribution is 5.94. The van der Waals surface area contributed by atoms with Gasteiger partial charge in [0.15, 0.2) is 0 Å². The third-order valence-electron chi connectivity index (χ3n) is 6.19. The minimum Gasteiger partial charge on any atom is -0.491 e. The molecule has 4 rings (SSSR count). The highest BCUT2D eigenvalue weighted by Gasteiger charge is 2.56. The van der Waals surface area contributed by atoms with Crippen LogP contribution in [-0.4, -0.2) is 66.6 Å². The van der Waals surface area contributed by atoms with Crippen LogP contribution >= 0.6 is 0 Å². The normalized spacial score (nSPS) is 33.3. The summed E-state index contributed by atoms with van der Waals surface area (Å²) in [5.74, 6) is 0.651. The Morgan fingerprint density at radius 3 is 2.70 bits per heavy atom. The van der Waals surface area contributed by atoms with Crippen LogP contribution in [0.5, 0.6) is 5.75 Å². The number of nitrogens with zero attached hydrogens (tertiary/aromatic N) is 1. The molecule has 3 heterocycles. The van der Waals surface area contributed by atoms with E-state index in [4.69, 9.17) is 14.2 Å². The van der Waals surface area contributed by atoms with Gasteiger partial charge < -0.3 is 24.2 Å². The van der Waals surface area contributed by atoms with E-state index in [0.717, 1.165) is 12.2 Å². The first-order valence-corrected chi connectivity index (χ1v) is 9.94. The number of piperidine rings is 1.